The van der Waals surface area contributed by atoms with E-state index in [1.807, 2.05) is 17.0 Å². The lowest BCUT2D eigenvalue weighted by Gasteiger charge is -2.26. The number of rotatable bonds is 6. The summed E-state index contributed by atoms with van der Waals surface area (Å²) in [6, 6.07) is 9.01. The molecule has 156 valence electrons. The second-order valence-electron chi connectivity index (χ2n) is 7.01. The highest BCUT2D eigenvalue weighted by atomic mass is 32.2. The lowest BCUT2D eigenvalue weighted by molar-refractivity contribution is -0.129. The van der Waals surface area contributed by atoms with Crippen molar-refractivity contribution in [1.82, 2.24) is 9.88 Å². The predicted molar refractivity (Wildman–Crippen MR) is 120 cm³/mol. The number of para-hydroxylation sites is 1. The number of nitrogens with one attached hydrogen (secondary N) is 1. The van der Waals surface area contributed by atoms with E-state index in [2.05, 4.69) is 10.3 Å². The van der Waals surface area contributed by atoms with E-state index >= 15 is 0 Å². The number of amides is 2. The van der Waals surface area contributed by atoms with Gasteiger partial charge in [-0.15, -0.1) is 23.1 Å². The third-order valence-corrected chi connectivity index (χ3v) is 6.51. The average Bonchev–Trinajstić information content (AvgIpc) is 3.21. The average molecular weight is 444 g/mol. The monoisotopic (exact) mass is 443 g/mol. The van der Waals surface area contributed by atoms with Crippen molar-refractivity contribution in [2.24, 2.45) is 0 Å². The third kappa shape index (κ3) is 4.91. The lowest BCUT2D eigenvalue weighted by atomic mass is 10.1. The summed E-state index contributed by atoms with van der Waals surface area (Å²) in [6.07, 6.45) is 3.29. The van der Waals surface area contributed by atoms with Crippen molar-refractivity contribution in [3.63, 3.8) is 0 Å². The molecule has 7 nitrogen and oxygen atoms in total. The fourth-order valence-electron chi connectivity index (χ4n) is 3.32. The van der Waals surface area contributed by atoms with Gasteiger partial charge in [-0.1, -0.05) is 18.2 Å². The quantitative estimate of drug-likeness (QED) is 0.585. The van der Waals surface area contributed by atoms with Gasteiger partial charge in [0.1, 0.15) is 5.58 Å². The van der Waals surface area contributed by atoms with Gasteiger partial charge in [0.2, 0.25) is 11.8 Å². The molecule has 1 fully saturated rings. The van der Waals surface area contributed by atoms with Crippen LogP contribution in [-0.4, -0.2) is 46.3 Å². The molecule has 0 saturated carbocycles. The molecule has 0 unspecified atom stereocenters. The molecule has 2 aromatic heterocycles. The molecule has 0 radical (unpaired) electrons. The van der Waals surface area contributed by atoms with Crippen molar-refractivity contribution in [2.45, 2.75) is 19.3 Å². The maximum Gasteiger partial charge on any atom is 0.345 e. The van der Waals surface area contributed by atoms with Gasteiger partial charge >= 0.3 is 5.63 Å². The highest BCUT2D eigenvalue weighted by Gasteiger charge is 2.17. The van der Waals surface area contributed by atoms with Crippen LogP contribution >= 0.6 is 23.1 Å². The van der Waals surface area contributed by atoms with Crippen LogP contribution in [0, 0.1) is 0 Å². The fraction of sp³-hybridized carbons (Fsp3) is 0.333. The van der Waals surface area contributed by atoms with Gasteiger partial charge in [0.25, 0.3) is 0 Å². The SMILES string of the molecule is O=C(CSCC(=O)N1CCCCC1)Nc1nc(-c2cc3ccccc3oc2=O)cs1. The molecule has 1 aromatic carbocycles. The Morgan fingerprint density at radius 3 is 2.80 bits per heavy atom. The van der Waals surface area contributed by atoms with Crippen molar-refractivity contribution in [1.29, 1.82) is 0 Å². The highest BCUT2D eigenvalue weighted by molar-refractivity contribution is 8.00. The third-order valence-electron chi connectivity index (χ3n) is 4.84. The van der Waals surface area contributed by atoms with Crippen molar-refractivity contribution < 1.29 is 14.0 Å². The summed E-state index contributed by atoms with van der Waals surface area (Å²) >= 11 is 2.54. The number of hydrogen-bond acceptors (Lipinski definition) is 7. The Morgan fingerprint density at radius 1 is 1.17 bits per heavy atom. The fourth-order valence-corrected chi connectivity index (χ4v) is 4.76. The van der Waals surface area contributed by atoms with Crippen LogP contribution in [0.25, 0.3) is 22.2 Å². The van der Waals surface area contributed by atoms with Gasteiger partial charge < -0.3 is 14.6 Å². The van der Waals surface area contributed by atoms with Gasteiger partial charge in [-0.05, 0) is 31.4 Å². The Balaban J connectivity index is 1.33. The first-order valence-electron chi connectivity index (χ1n) is 9.74. The van der Waals surface area contributed by atoms with E-state index in [4.69, 9.17) is 4.42 Å². The molecule has 0 atom stereocenters. The van der Waals surface area contributed by atoms with Gasteiger partial charge in [-0.3, -0.25) is 9.59 Å². The van der Waals surface area contributed by atoms with Crippen LogP contribution in [0.3, 0.4) is 0 Å². The normalized spacial score (nSPS) is 14.1. The number of carbonyl (C=O) groups excluding carboxylic acids is 2. The molecule has 0 spiro atoms. The van der Waals surface area contributed by atoms with Gasteiger partial charge in [0, 0.05) is 23.9 Å². The maximum atomic E-state index is 12.3. The largest absolute Gasteiger partial charge is 0.422 e. The van der Waals surface area contributed by atoms with Crippen molar-refractivity contribution >= 4 is 51.0 Å². The van der Waals surface area contributed by atoms with E-state index in [-0.39, 0.29) is 17.6 Å². The van der Waals surface area contributed by atoms with Crippen LogP contribution < -0.4 is 10.9 Å². The molecular weight excluding hydrogens is 422 g/mol. The molecule has 30 heavy (non-hydrogen) atoms. The lowest BCUT2D eigenvalue weighted by Crippen LogP contribution is -2.37. The number of fused-ring (bicyclic) bond motifs is 1. The zero-order valence-corrected chi connectivity index (χ0v) is 17.9. The van der Waals surface area contributed by atoms with Crippen molar-refractivity contribution in [3.8, 4) is 11.3 Å². The number of aromatic nitrogens is 1. The van der Waals surface area contributed by atoms with Gasteiger partial charge in [-0.25, -0.2) is 9.78 Å². The molecule has 4 rings (SSSR count). The maximum absolute atomic E-state index is 12.3. The predicted octanol–water partition coefficient (Wildman–Crippen LogP) is 3.60. The van der Waals surface area contributed by atoms with E-state index < -0.39 is 5.63 Å². The minimum Gasteiger partial charge on any atom is -0.422 e. The summed E-state index contributed by atoms with van der Waals surface area (Å²) < 4.78 is 5.35. The number of thiazole rings is 1. The first kappa shape index (κ1) is 20.6. The minimum absolute atomic E-state index is 0.0899. The molecule has 9 heteroatoms. The molecule has 3 heterocycles. The molecular formula is C21H21N3O4S2. The number of piperidine rings is 1. The van der Waals surface area contributed by atoms with Crippen LogP contribution in [0.2, 0.25) is 0 Å². The van der Waals surface area contributed by atoms with E-state index in [0.717, 1.165) is 31.3 Å². The first-order chi connectivity index (χ1) is 14.6. The summed E-state index contributed by atoms with van der Waals surface area (Å²) in [4.78, 5) is 42.8. The number of thioether (sulfide) groups is 1. The van der Waals surface area contributed by atoms with Crippen LogP contribution in [0.4, 0.5) is 5.13 Å². The van der Waals surface area contributed by atoms with E-state index in [1.54, 1.807) is 23.6 Å². The summed E-state index contributed by atoms with van der Waals surface area (Å²) in [5.41, 5.74) is 0.865. The zero-order chi connectivity index (χ0) is 20.9. The molecule has 0 aliphatic carbocycles. The Kier molecular flexibility index (Phi) is 6.49. The summed E-state index contributed by atoms with van der Waals surface area (Å²) in [5.74, 6) is 0.339. The Hall–Kier alpha value is -2.65. The highest BCUT2D eigenvalue weighted by Crippen LogP contribution is 2.25. The summed E-state index contributed by atoms with van der Waals surface area (Å²) in [6.45, 7) is 1.63. The van der Waals surface area contributed by atoms with Crippen LogP contribution in [0.1, 0.15) is 19.3 Å². The van der Waals surface area contributed by atoms with Gasteiger partial charge in [0.05, 0.1) is 22.8 Å². The van der Waals surface area contributed by atoms with E-state index in [9.17, 15) is 14.4 Å². The molecule has 1 aliphatic rings. The minimum atomic E-state index is -0.469. The molecule has 2 amide bonds. The molecule has 1 saturated heterocycles. The molecule has 0 bridgehead atoms. The van der Waals surface area contributed by atoms with E-state index in [0.29, 0.717) is 27.7 Å². The number of likely N-dealkylation sites (tertiary alicyclic amines) is 1. The number of nitrogens with zero attached hydrogens (tertiary/aromatic N) is 2. The molecule has 1 N–H and O–H groups in total. The first-order valence-corrected chi connectivity index (χ1v) is 11.8. The van der Waals surface area contributed by atoms with E-state index in [1.165, 1.54) is 29.5 Å². The number of benzene rings is 1. The topological polar surface area (TPSA) is 92.5 Å². The second-order valence-corrected chi connectivity index (χ2v) is 8.85. The number of hydrogen-bond donors (Lipinski definition) is 1. The van der Waals surface area contributed by atoms with Crippen LogP contribution in [0.15, 0.2) is 44.9 Å². The molecule has 3 aromatic rings. The van der Waals surface area contributed by atoms with Gasteiger partial charge in [-0.2, -0.15) is 0 Å². The Morgan fingerprint density at radius 2 is 1.97 bits per heavy atom. The Bertz CT molecular complexity index is 1120. The van der Waals surface area contributed by atoms with Crippen LogP contribution in [-0.2, 0) is 9.59 Å². The standard InChI is InChI=1S/C21H21N3O4S2/c25-18(12-29-13-19(26)24-8-4-1-5-9-24)23-21-22-16(11-30-21)15-10-14-6-2-3-7-17(14)28-20(15)27/h2-3,6-7,10-11H,1,4-5,8-9,12-13H2,(H,22,23,25). The zero-order valence-electron chi connectivity index (χ0n) is 16.3. The summed E-state index contributed by atoms with van der Waals surface area (Å²) in [7, 11) is 0. The van der Waals surface area contributed by atoms with Crippen molar-refractivity contribution in [2.75, 3.05) is 29.9 Å². The Labute approximate surface area is 181 Å². The van der Waals surface area contributed by atoms with Gasteiger partial charge in [0.15, 0.2) is 5.13 Å². The number of anilines is 1. The van der Waals surface area contributed by atoms with Crippen LogP contribution in [0.5, 0.6) is 0 Å². The second kappa shape index (κ2) is 9.44. The van der Waals surface area contributed by atoms with Crippen molar-refractivity contribution in [3.05, 3.63) is 46.1 Å². The number of carbonyl (C=O) groups is 2. The summed E-state index contributed by atoms with van der Waals surface area (Å²) in [5, 5.41) is 5.66. The molecule has 1 aliphatic heterocycles. The smallest absolute Gasteiger partial charge is 0.345 e.